The molecule has 37 heavy (non-hydrogen) atoms. The fraction of sp³-hybridized carbons (Fsp3) is 0.781. The molecule has 0 radical (unpaired) electrons. The number of rotatable bonds is 7. The average molecular weight is 530 g/mol. The van der Waals surface area contributed by atoms with Gasteiger partial charge in [-0.1, -0.05) is 52.2 Å². The number of nitrogens with one attached hydrogen (secondary N) is 1. The molecule has 4 aliphatic rings. The molecule has 0 bridgehead atoms. The first-order valence-corrected chi connectivity index (χ1v) is 17.4. The number of alkyl carbamates (subject to hydrolysis) is 1. The summed E-state index contributed by atoms with van der Waals surface area (Å²) in [5, 5.41) is 13.2. The van der Waals surface area contributed by atoms with E-state index in [-0.39, 0.29) is 11.8 Å². The highest BCUT2D eigenvalue weighted by molar-refractivity contribution is 8.35. The van der Waals surface area contributed by atoms with E-state index < -0.39 is 10.0 Å². The molecule has 0 spiro atoms. The molecule has 2 aliphatic heterocycles. The van der Waals surface area contributed by atoms with Gasteiger partial charge in [-0.3, -0.25) is 0 Å². The van der Waals surface area contributed by atoms with Crippen LogP contribution in [0.15, 0.2) is 24.3 Å². The first kappa shape index (κ1) is 27.2. The minimum Gasteiger partial charge on any atom is -0.508 e. The molecule has 5 rings (SSSR count). The van der Waals surface area contributed by atoms with E-state index in [2.05, 4.69) is 32.3 Å². The van der Waals surface area contributed by atoms with Crippen LogP contribution in [0, 0.1) is 29.1 Å². The van der Waals surface area contributed by atoms with Crippen molar-refractivity contribution < 1.29 is 14.6 Å². The molecule has 1 aromatic carbocycles. The molecule has 2 aliphatic carbocycles. The summed E-state index contributed by atoms with van der Waals surface area (Å²) >= 11 is 0. The molecule has 208 valence electrons. The molecule has 8 atom stereocenters. The third-order valence-electron chi connectivity index (χ3n) is 12.0. The van der Waals surface area contributed by atoms with Crippen LogP contribution in [0.4, 0.5) is 4.79 Å². The lowest BCUT2D eigenvalue weighted by Crippen LogP contribution is -2.58. The highest BCUT2D eigenvalue weighted by Gasteiger charge is 2.63. The monoisotopic (exact) mass is 529 g/mol. The molecule has 1 aromatic rings. The minimum absolute atomic E-state index is 0.236. The summed E-state index contributed by atoms with van der Waals surface area (Å²) < 4.78 is 6.04. The van der Waals surface area contributed by atoms with Crippen molar-refractivity contribution in [3.8, 4) is 5.75 Å². The molecule has 2 N–H and O–H groups in total. The predicted molar refractivity (Wildman–Crippen MR) is 155 cm³/mol. The predicted octanol–water partition coefficient (Wildman–Crippen LogP) is 8.02. The van der Waals surface area contributed by atoms with Gasteiger partial charge in [-0.25, -0.2) is 14.8 Å². The molecule has 0 aromatic heterocycles. The Morgan fingerprint density at radius 2 is 1.89 bits per heavy atom. The summed E-state index contributed by atoms with van der Waals surface area (Å²) in [6.07, 6.45) is 17.7. The number of hydrogen-bond donors (Lipinski definition) is 2. The van der Waals surface area contributed by atoms with Crippen LogP contribution in [-0.2, 0) is 11.3 Å². The second-order valence-electron chi connectivity index (χ2n) is 13.4. The average Bonchev–Trinajstić information content (AvgIpc) is 3.16. The maximum Gasteiger partial charge on any atom is 0.407 e. The van der Waals surface area contributed by atoms with Crippen molar-refractivity contribution in [3.05, 3.63) is 29.8 Å². The fourth-order valence-corrected chi connectivity index (χ4v) is 15.3. The Morgan fingerprint density at radius 1 is 1.11 bits per heavy atom. The zero-order valence-electron chi connectivity index (χ0n) is 23.8. The number of amides is 1. The van der Waals surface area contributed by atoms with Crippen molar-refractivity contribution in [2.24, 2.45) is 29.1 Å². The largest absolute Gasteiger partial charge is 0.508 e. The number of benzene rings is 1. The van der Waals surface area contributed by atoms with Gasteiger partial charge in [-0.15, -0.1) is 0 Å². The van der Waals surface area contributed by atoms with Gasteiger partial charge < -0.3 is 15.2 Å². The van der Waals surface area contributed by atoms with Crippen LogP contribution in [0.3, 0.4) is 0 Å². The molecule has 6 unspecified atom stereocenters. The van der Waals surface area contributed by atoms with E-state index in [1.807, 2.05) is 12.1 Å². The second kappa shape index (κ2) is 10.7. The zero-order valence-corrected chi connectivity index (χ0v) is 24.6. The van der Waals surface area contributed by atoms with Gasteiger partial charge in [0.25, 0.3) is 0 Å². The molecule has 2 heterocycles. The van der Waals surface area contributed by atoms with E-state index in [1.54, 1.807) is 12.1 Å². The number of phenolic OH excluding ortho intramolecular Hbond substituents is 1. The lowest BCUT2D eigenvalue weighted by atomic mass is 9.50. The van der Waals surface area contributed by atoms with Crippen LogP contribution >= 0.6 is 10.0 Å². The molecular formula is C32H51NO3S. The van der Waals surface area contributed by atoms with Crippen LogP contribution in [0.2, 0.25) is 0 Å². The lowest BCUT2D eigenvalue weighted by Gasteiger charge is -2.68. The molecule has 2 saturated carbocycles. The third-order valence-corrected chi connectivity index (χ3v) is 17.6. The van der Waals surface area contributed by atoms with Crippen LogP contribution in [0.25, 0.3) is 0 Å². The molecular weight excluding hydrogens is 478 g/mol. The smallest absolute Gasteiger partial charge is 0.407 e. The molecule has 4 nitrogen and oxygen atoms in total. The van der Waals surface area contributed by atoms with Crippen LogP contribution in [-0.4, -0.2) is 39.8 Å². The maximum atomic E-state index is 12.2. The number of carbonyl (C=O) groups excluding carboxylic acids is 1. The molecule has 5 heteroatoms. The van der Waals surface area contributed by atoms with Crippen molar-refractivity contribution in [3.63, 3.8) is 0 Å². The highest BCUT2D eigenvalue weighted by Crippen LogP contribution is 2.79. The zero-order chi connectivity index (χ0) is 26.3. The molecule has 4 fully saturated rings. The van der Waals surface area contributed by atoms with Gasteiger partial charge in [0.2, 0.25) is 0 Å². The third kappa shape index (κ3) is 4.80. The summed E-state index contributed by atoms with van der Waals surface area (Å²) in [7, 11) is -0.661. The minimum atomic E-state index is -0.661. The van der Waals surface area contributed by atoms with E-state index in [0.717, 1.165) is 40.9 Å². The van der Waals surface area contributed by atoms with Gasteiger partial charge in [0, 0.05) is 11.3 Å². The molecule has 1 amide bonds. The first-order valence-electron chi connectivity index (χ1n) is 15.1. The summed E-state index contributed by atoms with van der Waals surface area (Å²) in [4.78, 5) is 12.2. The van der Waals surface area contributed by atoms with E-state index in [0.29, 0.717) is 23.3 Å². The Labute approximate surface area is 227 Å². The number of ether oxygens (including phenoxy) is 1. The topological polar surface area (TPSA) is 58.6 Å². The van der Waals surface area contributed by atoms with Gasteiger partial charge in [-0.2, -0.15) is 0 Å². The van der Waals surface area contributed by atoms with Crippen molar-refractivity contribution >= 4 is 16.1 Å². The van der Waals surface area contributed by atoms with E-state index >= 15 is 0 Å². The lowest BCUT2D eigenvalue weighted by molar-refractivity contribution is -0.0438. The quantitative estimate of drug-likeness (QED) is 0.352. The Kier molecular flexibility index (Phi) is 7.84. The summed E-state index contributed by atoms with van der Waals surface area (Å²) in [6.45, 7) is 8.79. The fourth-order valence-electron chi connectivity index (χ4n) is 9.68. The normalized spacial score (nSPS) is 42.5. The van der Waals surface area contributed by atoms with E-state index in [9.17, 15) is 9.90 Å². The molecule has 2 saturated heterocycles. The van der Waals surface area contributed by atoms with Gasteiger partial charge >= 0.3 is 6.09 Å². The number of phenols is 1. The Bertz CT molecular complexity index is 952. The van der Waals surface area contributed by atoms with E-state index in [1.165, 1.54) is 70.0 Å². The summed E-state index contributed by atoms with van der Waals surface area (Å²) in [5.41, 5.74) is 1.55. The Balaban J connectivity index is 1.16. The van der Waals surface area contributed by atoms with Crippen LogP contribution in [0.1, 0.15) is 97.0 Å². The van der Waals surface area contributed by atoms with Crippen molar-refractivity contribution in [1.82, 2.24) is 5.32 Å². The van der Waals surface area contributed by atoms with Gasteiger partial charge in [-0.05, 0) is 115 Å². The number of carbonyl (C=O) groups is 1. The second-order valence-corrected chi connectivity index (χ2v) is 17.7. The summed E-state index contributed by atoms with van der Waals surface area (Å²) in [6, 6.07) is 6.90. The summed E-state index contributed by atoms with van der Waals surface area (Å²) in [5.74, 6) is 5.39. The van der Waals surface area contributed by atoms with Crippen molar-refractivity contribution in [2.45, 2.75) is 108 Å². The Morgan fingerprint density at radius 3 is 2.65 bits per heavy atom. The highest BCUT2D eigenvalue weighted by atomic mass is 32.3. The first-order chi connectivity index (χ1) is 17.7. The van der Waals surface area contributed by atoms with Gasteiger partial charge in [0.1, 0.15) is 5.75 Å². The number of aromatic hydroxyl groups is 1. The van der Waals surface area contributed by atoms with Gasteiger partial charge in [0.15, 0.2) is 0 Å². The van der Waals surface area contributed by atoms with Crippen molar-refractivity contribution in [1.29, 1.82) is 0 Å². The number of hydrogen-bond acceptors (Lipinski definition) is 3. The van der Waals surface area contributed by atoms with Crippen molar-refractivity contribution in [2.75, 3.05) is 18.6 Å². The SMILES string of the molecule is CC[C@H]1CC2[C@H](CCC3(C)C(CCCOC(=O)NCc4ccc(O)cc4)CCS23C)C2(C)CCCCC12. The maximum absolute atomic E-state index is 12.2. The van der Waals surface area contributed by atoms with Crippen LogP contribution < -0.4 is 5.32 Å². The van der Waals surface area contributed by atoms with E-state index in [4.69, 9.17) is 4.74 Å². The standard InChI is InChI=1S/C32H51NO3S/c1-5-24-21-29-28(31(2)17-7-6-10-27(24)31)15-18-32(3)25(16-20-37(29,32)4)9-8-19-36-30(35)33-22-23-11-13-26(34)14-12-23/h11-14,24-25,27-29,34H,5-10,15-22H2,1-4H3,(H,33,35)/t24-,25?,27?,28-,29?,31?,32?/m0/s1. The number of fused-ring (bicyclic) bond motifs is 5. The van der Waals surface area contributed by atoms with Gasteiger partial charge in [0.05, 0.1) is 6.61 Å². The van der Waals surface area contributed by atoms with Crippen LogP contribution in [0.5, 0.6) is 5.75 Å². The Hall–Kier alpha value is -1.36.